The van der Waals surface area contributed by atoms with E-state index < -0.39 is 5.82 Å². The summed E-state index contributed by atoms with van der Waals surface area (Å²) in [6.45, 7) is 0. The van der Waals surface area contributed by atoms with Gasteiger partial charge in [0, 0.05) is 29.6 Å². The van der Waals surface area contributed by atoms with Gasteiger partial charge < -0.3 is 5.11 Å². The molecule has 0 atom stereocenters. The topological polar surface area (TPSA) is 46.0 Å². The molecule has 0 amide bonds. The maximum absolute atomic E-state index is 13.0. The first-order valence-electron chi connectivity index (χ1n) is 4.12. The Balaban J connectivity index is 2.59. The molecule has 1 N–H and O–H groups in total. The average molecular weight is 225 g/mol. The zero-order chi connectivity index (χ0) is 10.8. The Morgan fingerprint density at radius 2 is 1.87 bits per heavy atom. The predicted molar refractivity (Wildman–Crippen MR) is 54.1 cm³/mol. The maximum atomic E-state index is 13.0. The van der Waals surface area contributed by atoms with Crippen molar-refractivity contribution in [3.8, 4) is 16.9 Å². The molecule has 15 heavy (non-hydrogen) atoms. The summed E-state index contributed by atoms with van der Waals surface area (Å²) in [6.07, 6.45) is 4.39. The lowest BCUT2D eigenvalue weighted by Crippen LogP contribution is -1.85. The Labute approximate surface area is 90.2 Å². The summed E-state index contributed by atoms with van der Waals surface area (Å²) in [5.41, 5.74) is 0.985. The third kappa shape index (κ3) is 1.89. The third-order valence-corrected chi connectivity index (χ3v) is 2.20. The van der Waals surface area contributed by atoms with Crippen molar-refractivity contribution in [2.24, 2.45) is 0 Å². The van der Waals surface area contributed by atoms with Gasteiger partial charge >= 0.3 is 0 Å². The molecule has 76 valence electrons. The molecule has 0 fully saturated rings. The molecule has 2 rings (SSSR count). The lowest BCUT2D eigenvalue weighted by Gasteiger charge is -2.04. The van der Waals surface area contributed by atoms with E-state index in [0.717, 1.165) is 6.07 Å². The van der Waals surface area contributed by atoms with Gasteiger partial charge in [-0.25, -0.2) is 14.4 Å². The second kappa shape index (κ2) is 3.82. The Kier molecular flexibility index (Phi) is 2.51. The van der Waals surface area contributed by atoms with Crippen molar-refractivity contribution in [1.82, 2.24) is 9.97 Å². The van der Waals surface area contributed by atoms with E-state index in [2.05, 4.69) is 9.97 Å². The van der Waals surface area contributed by atoms with E-state index in [1.165, 1.54) is 24.8 Å². The number of hydrogen-bond acceptors (Lipinski definition) is 3. The Morgan fingerprint density at radius 1 is 1.20 bits per heavy atom. The number of halogens is 2. The molecule has 0 bridgehead atoms. The minimum Gasteiger partial charge on any atom is -0.507 e. The molecule has 0 saturated carbocycles. The van der Waals surface area contributed by atoms with Crippen LogP contribution in [0.25, 0.3) is 11.1 Å². The normalized spacial score (nSPS) is 10.3. The molecule has 0 radical (unpaired) electrons. The van der Waals surface area contributed by atoms with Gasteiger partial charge in [-0.15, -0.1) is 0 Å². The Hall–Kier alpha value is -1.68. The van der Waals surface area contributed by atoms with E-state index in [1.54, 1.807) is 0 Å². The Bertz CT molecular complexity index is 490. The number of nitrogens with zero attached hydrogens (tertiary/aromatic N) is 2. The molecule has 0 spiro atoms. The fourth-order valence-corrected chi connectivity index (χ4v) is 1.37. The maximum Gasteiger partial charge on any atom is 0.145 e. The van der Waals surface area contributed by atoms with Gasteiger partial charge in [-0.2, -0.15) is 0 Å². The quantitative estimate of drug-likeness (QED) is 0.810. The van der Waals surface area contributed by atoms with Crippen LogP contribution >= 0.6 is 11.6 Å². The van der Waals surface area contributed by atoms with Crippen LogP contribution in [0.1, 0.15) is 0 Å². The first-order valence-corrected chi connectivity index (χ1v) is 4.49. The number of hydrogen-bond donors (Lipinski definition) is 1. The molecule has 0 aliphatic rings. The smallest absolute Gasteiger partial charge is 0.145 e. The first kappa shape index (κ1) is 9.86. The summed E-state index contributed by atoms with van der Waals surface area (Å²) in [5, 5.41) is 9.47. The van der Waals surface area contributed by atoms with Gasteiger partial charge in [0.15, 0.2) is 0 Å². The van der Waals surface area contributed by atoms with Gasteiger partial charge in [0.05, 0.1) is 5.02 Å². The molecule has 1 aromatic carbocycles. The standard InChI is InChI=1S/C10H6ClFN2O/c11-8-1-7(10(15)2-9(8)12)6-3-13-5-14-4-6/h1-5,15H. The molecule has 1 aromatic heterocycles. The molecule has 0 saturated heterocycles. The number of benzene rings is 1. The summed E-state index contributed by atoms with van der Waals surface area (Å²) in [5.74, 6) is -0.846. The van der Waals surface area contributed by atoms with E-state index in [4.69, 9.17) is 11.6 Å². The lowest BCUT2D eigenvalue weighted by molar-refractivity contribution is 0.471. The fourth-order valence-electron chi connectivity index (χ4n) is 1.21. The number of phenols is 1. The van der Waals surface area contributed by atoms with Crippen LogP contribution in [0.4, 0.5) is 4.39 Å². The average Bonchev–Trinajstić information content (AvgIpc) is 2.25. The van der Waals surface area contributed by atoms with Crippen molar-refractivity contribution in [2.75, 3.05) is 0 Å². The van der Waals surface area contributed by atoms with Crippen LogP contribution in [0.15, 0.2) is 30.9 Å². The molecule has 0 unspecified atom stereocenters. The highest BCUT2D eigenvalue weighted by Gasteiger charge is 2.09. The number of rotatable bonds is 1. The van der Waals surface area contributed by atoms with E-state index in [9.17, 15) is 9.50 Å². The molecule has 2 aromatic rings. The van der Waals surface area contributed by atoms with E-state index in [-0.39, 0.29) is 10.8 Å². The monoisotopic (exact) mass is 224 g/mol. The van der Waals surface area contributed by atoms with Crippen LogP contribution in [0.5, 0.6) is 5.75 Å². The largest absolute Gasteiger partial charge is 0.507 e. The second-order valence-electron chi connectivity index (χ2n) is 2.91. The molecule has 0 aliphatic carbocycles. The highest BCUT2D eigenvalue weighted by Crippen LogP contribution is 2.32. The van der Waals surface area contributed by atoms with Crippen LogP contribution < -0.4 is 0 Å². The summed E-state index contributed by atoms with van der Waals surface area (Å²) in [4.78, 5) is 7.59. The van der Waals surface area contributed by atoms with Crippen molar-refractivity contribution in [3.05, 3.63) is 41.7 Å². The molecule has 5 heteroatoms. The van der Waals surface area contributed by atoms with E-state index in [0.29, 0.717) is 11.1 Å². The number of aromatic hydroxyl groups is 1. The van der Waals surface area contributed by atoms with E-state index >= 15 is 0 Å². The minimum atomic E-state index is -0.658. The number of aromatic nitrogens is 2. The fraction of sp³-hybridized carbons (Fsp3) is 0. The van der Waals surface area contributed by atoms with Crippen LogP contribution in [-0.4, -0.2) is 15.1 Å². The number of phenolic OH excluding ortho intramolecular Hbond substituents is 1. The van der Waals surface area contributed by atoms with Gasteiger partial charge in [-0.1, -0.05) is 11.6 Å². The summed E-state index contributed by atoms with van der Waals surface area (Å²) >= 11 is 5.61. The molecule has 0 aliphatic heterocycles. The molecule has 3 nitrogen and oxygen atoms in total. The van der Waals surface area contributed by atoms with Crippen LogP contribution in [-0.2, 0) is 0 Å². The van der Waals surface area contributed by atoms with Crippen molar-refractivity contribution < 1.29 is 9.50 Å². The summed E-state index contributed by atoms with van der Waals surface area (Å²) in [6, 6.07) is 2.30. The third-order valence-electron chi connectivity index (χ3n) is 1.91. The zero-order valence-electron chi connectivity index (χ0n) is 7.48. The second-order valence-corrected chi connectivity index (χ2v) is 3.32. The van der Waals surface area contributed by atoms with E-state index in [1.807, 2.05) is 0 Å². The van der Waals surface area contributed by atoms with Crippen molar-refractivity contribution in [2.45, 2.75) is 0 Å². The van der Waals surface area contributed by atoms with Crippen LogP contribution in [0, 0.1) is 5.82 Å². The van der Waals surface area contributed by atoms with Crippen molar-refractivity contribution >= 4 is 11.6 Å². The molecule has 1 heterocycles. The van der Waals surface area contributed by atoms with Crippen molar-refractivity contribution in [1.29, 1.82) is 0 Å². The molecular formula is C10H6ClFN2O. The predicted octanol–water partition coefficient (Wildman–Crippen LogP) is 2.64. The van der Waals surface area contributed by atoms with Gasteiger partial charge in [-0.3, -0.25) is 0 Å². The van der Waals surface area contributed by atoms with Gasteiger partial charge in [0.25, 0.3) is 0 Å². The van der Waals surface area contributed by atoms with Gasteiger partial charge in [0.1, 0.15) is 17.9 Å². The van der Waals surface area contributed by atoms with Crippen LogP contribution in [0.3, 0.4) is 0 Å². The minimum absolute atomic E-state index is 0.0494. The first-order chi connectivity index (χ1) is 7.18. The van der Waals surface area contributed by atoms with Gasteiger partial charge in [-0.05, 0) is 6.07 Å². The Morgan fingerprint density at radius 3 is 2.53 bits per heavy atom. The molecular weight excluding hydrogens is 219 g/mol. The summed E-state index contributed by atoms with van der Waals surface area (Å²) in [7, 11) is 0. The van der Waals surface area contributed by atoms with Gasteiger partial charge in [0.2, 0.25) is 0 Å². The zero-order valence-corrected chi connectivity index (χ0v) is 8.24. The lowest BCUT2D eigenvalue weighted by atomic mass is 10.1. The summed E-state index contributed by atoms with van der Waals surface area (Å²) < 4.78 is 13.0. The van der Waals surface area contributed by atoms with Crippen LogP contribution in [0.2, 0.25) is 5.02 Å². The SMILES string of the molecule is Oc1cc(F)c(Cl)cc1-c1cncnc1. The highest BCUT2D eigenvalue weighted by molar-refractivity contribution is 6.31. The van der Waals surface area contributed by atoms with Crippen molar-refractivity contribution in [3.63, 3.8) is 0 Å². The highest BCUT2D eigenvalue weighted by atomic mass is 35.5.